The fraction of sp³-hybridized carbons (Fsp3) is 0.429. The fourth-order valence-corrected chi connectivity index (χ4v) is 1.53. The van der Waals surface area contributed by atoms with Crippen LogP contribution in [-0.2, 0) is 9.59 Å². The third-order valence-electron chi connectivity index (χ3n) is 2.17. The molecule has 2 aliphatic carbocycles. The van der Waals surface area contributed by atoms with Gasteiger partial charge in [-0.05, 0) is 6.42 Å². The second kappa shape index (κ2) is 1.37. The Hall–Kier alpha value is -0.960. The lowest BCUT2D eigenvalue weighted by atomic mass is 9.99. The molecule has 2 aliphatic rings. The maximum absolute atomic E-state index is 11.0. The predicted octanol–water partition coefficient (Wildman–Crippen LogP) is -0.588. The van der Waals surface area contributed by atoms with E-state index in [1.165, 1.54) is 0 Å². The molecule has 0 heterocycles. The maximum Gasteiger partial charge on any atom is 0.222 e. The smallest absolute Gasteiger partial charge is 0.222 e. The summed E-state index contributed by atoms with van der Waals surface area (Å²) in [6.45, 7) is 0. The molecule has 0 radical (unpaired) electrons. The number of carbonyl (C=O) groups excluding carboxylic acids is 2. The monoisotopic (exact) mass is 137 g/mol. The molecule has 0 aromatic heterocycles. The van der Waals surface area contributed by atoms with Crippen molar-refractivity contribution in [2.24, 2.45) is 11.7 Å². The molecule has 0 aliphatic heterocycles. The maximum atomic E-state index is 11.0. The lowest BCUT2D eigenvalue weighted by Crippen LogP contribution is -2.43. The summed E-state index contributed by atoms with van der Waals surface area (Å²) >= 11 is 0. The van der Waals surface area contributed by atoms with Gasteiger partial charge in [0.25, 0.3) is 0 Å². The van der Waals surface area contributed by atoms with Crippen LogP contribution in [0.1, 0.15) is 6.42 Å². The van der Waals surface area contributed by atoms with Crippen molar-refractivity contribution < 1.29 is 9.59 Å². The summed E-state index contributed by atoms with van der Waals surface area (Å²) in [7, 11) is 0. The zero-order chi connectivity index (χ0) is 7.35. The van der Waals surface area contributed by atoms with Crippen molar-refractivity contribution in [1.82, 2.24) is 0 Å². The van der Waals surface area contributed by atoms with Gasteiger partial charge in [0.1, 0.15) is 5.54 Å². The highest BCUT2D eigenvalue weighted by atomic mass is 16.2. The minimum Gasteiger partial charge on any atom is -0.315 e. The summed E-state index contributed by atoms with van der Waals surface area (Å²) in [6.07, 6.45) is 3.86. The summed E-state index contributed by atoms with van der Waals surface area (Å²) in [6, 6.07) is 0. The third-order valence-corrected chi connectivity index (χ3v) is 2.17. The zero-order valence-corrected chi connectivity index (χ0v) is 5.33. The van der Waals surface area contributed by atoms with E-state index in [0.29, 0.717) is 6.42 Å². The Balaban J connectivity index is 2.54. The highest BCUT2D eigenvalue weighted by Gasteiger charge is 2.51. The van der Waals surface area contributed by atoms with E-state index in [1.807, 2.05) is 0 Å². The van der Waals surface area contributed by atoms with Crippen LogP contribution in [0.2, 0.25) is 0 Å². The lowest BCUT2D eigenvalue weighted by Gasteiger charge is -2.11. The van der Waals surface area contributed by atoms with Gasteiger partial charge in [-0.1, -0.05) is 12.2 Å². The van der Waals surface area contributed by atoms with Crippen molar-refractivity contribution in [3.8, 4) is 0 Å². The molecule has 2 atom stereocenters. The molecule has 0 spiro atoms. The first-order valence-corrected chi connectivity index (χ1v) is 3.20. The van der Waals surface area contributed by atoms with Gasteiger partial charge in [0.15, 0.2) is 0 Å². The van der Waals surface area contributed by atoms with E-state index in [1.54, 1.807) is 12.2 Å². The van der Waals surface area contributed by atoms with E-state index in [-0.39, 0.29) is 11.7 Å². The van der Waals surface area contributed by atoms with Gasteiger partial charge in [0.2, 0.25) is 11.6 Å². The number of ketones is 2. The van der Waals surface area contributed by atoms with Crippen LogP contribution in [0, 0.1) is 5.92 Å². The van der Waals surface area contributed by atoms with E-state index in [9.17, 15) is 9.59 Å². The SMILES string of the molecule is NC12C=CC(C1)C(=O)C2=O. The van der Waals surface area contributed by atoms with Gasteiger partial charge in [-0.3, -0.25) is 9.59 Å². The molecule has 3 heteroatoms. The molecule has 1 saturated carbocycles. The summed E-state index contributed by atoms with van der Waals surface area (Å²) in [5.74, 6) is -0.942. The molecule has 3 nitrogen and oxygen atoms in total. The van der Waals surface area contributed by atoms with Crippen LogP contribution in [0.15, 0.2) is 12.2 Å². The van der Waals surface area contributed by atoms with Crippen LogP contribution in [0.25, 0.3) is 0 Å². The number of carbonyl (C=O) groups is 2. The molecule has 2 rings (SSSR count). The summed E-state index contributed by atoms with van der Waals surface area (Å²) in [5.41, 5.74) is 4.65. The zero-order valence-electron chi connectivity index (χ0n) is 5.33. The Kier molecular flexibility index (Phi) is 0.796. The van der Waals surface area contributed by atoms with Crippen LogP contribution in [0.5, 0.6) is 0 Å². The minimum absolute atomic E-state index is 0.211. The van der Waals surface area contributed by atoms with Gasteiger partial charge in [-0.25, -0.2) is 0 Å². The number of rotatable bonds is 0. The summed E-state index contributed by atoms with van der Waals surface area (Å²) in [5, 5.41) is 0. The van der Waals surface area contributed by atoms with Crippen molar-refractivity contribution in [1.29, 1.82) is 0 Å². The number of allylic oxidation sites excluding steroid dienone is 1. The summed E-state index contributed by atoms with van der Waals surface area (Å²) < 4.78 is 0. The molecule has 2 N–H and O–H groups in total. The van der Waals surface area contributed by atoms with Gasteiger partial charge in [-0.15, -0.1) is 0 Å². The van der Waals surface area contributed by atoms with Crippen molar-refractivity contribution in [3.63, 3.8) is 0 Å². The molecule has 0 amide bonds. The highest BCUT2D eigenvalue weighted by molar-refractivity contribution is 6.45. The first-order chi connectivity index (χ1) is 4.63. The van der Waals surface area contributed by atoms with Gasteiger partial charge in [-0.2, -0.15) is 0 Å². The molecule has 0 saturated heterocycles. The number of Topliss-reactive ketones (excluding diaryl/α,β-unsaturated/α-hetero) is 2. The largest absolute Gasteiger partial charge is 0.315 e. The minimum atomic E-state index is -0.929. The summed E-state index contributed by atoms with van der Waals surface area (Å²) in [4.78, 5) is 21.9. The Morgan fingerprint density at radius 3 is 2.60 bits per heavy atom. The van der Waals surface area contributed by atoms with E-state index in [4.69, 9.17) is 5.73 Å². The van der Waals surface area contributed by atoms with Crippen LogP contribution in [-0.4, -0.2) is 17.1 Å². The topological polar surface area (TPSA) is 60.2 Å². The molecular formula is C7H7NO2. The normalized spacial score (nSPS) is 43.5. The molecule has 2 unspecified atom stereocenters. The number of fused-ring (bicyclic) bond motifs is 2. The molecule has 2 bridgehead atoms. The third kappa shape index (κ3) is 0.444. The lowest BCUT2D eigenvalue weighted by molar-refractivity contribution is -0.136. The Labute approximate surface area is 57.9 Å². The number of nitrogens with two attached hydrogens (primary N) is 1. The number of hydrogen-bond acceptors (Lipinski definition) is 3. The first-order valence-electron chi connectivity index (χ1n) is 3.20. The fourth-order valence-electron chi connectivity index (χ4n) is 1.53. The van der Waals surface area contributed by atoms with E-state index < -0.39 is 11.3 Å². The highest BCUT2D eigenvalue weighted by Crippen LogP contribution is 2.34. The van der Waals surface area contributed by atoms with Gasteiger partial charge in [0, 0.05) is 5.92 Å². The Morgan fingerprint density at radius 1 is 1.60 bits per heavy atom. The second-order valence-electron chi connectivity index (χ2n) is 2.90. The van der Waals surface area contributed by atoms with E-state index in [2.05, 4.69) is 0 Å². The van der Waals surface area contributed by atoms with Crippen molar-refractivity contribution in [2.75, 3.05) is 0 Å². The average molecular weight is 137 g/mol. The van der Waals surface area contributed by atoms with Gasteiger partial charge >= 0.3 is 0 Å². The van der Waals surface area contributed by atoms with Crippen LogP contribution in [0.3, 0.4) is 0 Å². The van der Waals surface area contributed by atoms with Crippen molar-refractivity contribution in [3.05, 3.63) is 12.2 Å². The van der Waals surface area contributed by atoms with Crippen molar-refractivity contribution >= 4 is 11.6 Å². The van der Waals surface area contributed by atoms with E-state index in [0.717, 1.165) is 0 Å². The molecule has 0 aromatic rings. The predicted molar refractivity (Wildman–Crippen MR) is 34.2 cm³/mol. The van der Waals surface area contributed by atoms with Gasteiger partial charge in [0.05, 0.1) is 0 Å². The van der Waals surface area contributed by atoms with Crippen LogP contribution >= 0.6 is 0 Å². The molecule has 0 aromatic carbocycles. The quantitative estimate of drug-likeness (QED) is 0.358. The van der Waals surface area contributed by atoms with Crippen LogP contribution < -0.4 is 5.73 Å². The number of hydrogen-bond donors (Lipinski definition) is 1. The Bertz CT molecular complexity index is 256. The molecule has 1 fully saturated rings. The van der Waals surface area contributed by atoms with Gasteiger partial charge < -0.3 is 5.73 Å². The van der Waals surface area contributed by atoms with Crippen molar-refractivity contribution in [2.45, 2.75) is 12.0 Å². The van der Waals surface area contributed by atoms with Crippen LogP contribution in [0.4, 0.5) is 0 Å². The second-order valence-corrected chi connectivity index (χ2v) is 2.90. The van der Waals surface area contributed by atoms with E-state index >= 15 is 0 Å². The molecule has 10 heavy (non-hydrogen) atoms. The first kappa shape index (κ1) is 5.80. The standard InChI is InChI=1S/C7H7NO2/c8-7-2-1-4(3-7)5(9)6(7)10/h1-2,4H,3,8H2. The average Bonchev–Trinajstić information content (AvgIpc) is 2.35. The molecular weight excluding hydrogens is 130 g/mol. The Morgan fingerprint density at radius 2 is 2.30 bits per heavy atom. The molecule has 52 valence electrons.